The number of aliphatic imine (C=N–C) groups is 1. The molecule has 3 nitrogen and oxygen atoms in total. The second kappa shape index (κ2) is 7.60. The van der Waals surface area contributed by atoms with Crippen LogP contribution in [0.15, 0.2) is 29.3 Å². The van der Waals surface area contributed by atoms with E-state index in [-0.39, 0.29) is 5.97 Å². The van der Waals surface area contributed by atoms with Crippen molar-refractivity contribution in [2.75, 3.05) is 13.2 Å². The molecule has 0 N–H and O–H groups in total. The highest BCUT2D eigenvalue weighted by atomic mass is 16.5. The summed E-state index contributed by atoms with van der Waals surface area (Å²) in [6.07, 6.45) is 4.10. The molecule has 0 saturated heterocycles. The Morgan fingerprint density at radius 3 is 2.59 bits per heavy atom. The minimum absolute atomic E-state index is 0.276. The van der Waals surface area contributed by atoms with Crippen LogP contribution in [-0.4, -0.2) is 25.3 Å². The van der Waals surface area contributed by atoms with E-state index in [2.05, 4.69) is 11.9 Å². The maximum Gasteiger partial charge on any atom is 0.338 e. The van der Waals surface area contributed by atoms with Crippen molar-refractivity contribution in [3.05, 3.63) is 35.4 Å². The van der Waals surface area contributed by atoms with E-state index in [4.69, 9.17) is 4.74 Å². The summed E-state index contributed by atoms with van der Waals surface area (Å²) in [6, 6.07) is 7.28. The topological polar surface area (TPSA) is 38.7 Å². The minimum atomic E-state index is -0.276. The zero-order valence-corrected chi connectivity index (χ0v) is 10.5. The van der Waals surface area contributed by atoms with Gasteiger partial charge in [-0.1, -0.05) is 25.5 Å². The summed E-state index contributed by atoms with van der Waals surface area (Å²) in [4.78, 5) is 15.7. The fourth-order valence-corrected chi connectivity index (χ4v) is 1.34. The molecule has 1 aromatic carbocycles. The number of nitrogens with zero attached hydrogens (tertiary/aromatic N) is 1. The lowest BCUT2D eigenvalue weighted by atomic mass is 10.1. The Morgan fingerprint density at radius 1 is 1.29 bits per heavy atom. The number of esters is 1. The van der Waals surface area contributed by atoms with Gasteiger partial charge in [-0.2, -0.15) is 0 Å². The number of hydrogen-bond acceptors (Lipinski definition) is 3. The SMILES string of the molecule is CCCCN=Cc1ccc(C(=O)OCC)cc1. The molecular weight excluding hydrogens is 214 g/mol. The van der Waals surface area contributed by atoms with Gasteiger partial charge in [-0.15, -0.1) is 0 Å². The summed E-state index contributed by atoms with van der Waals surface area (Å²) < 4.78 is 4.91. The Labute approximate surface area is 103 Å². The predicted octanol–water partition coefficient (Wildman–Crippen LogP) is 3.08. The molecular formula is C14H19NO2. The highest BCUT2D eigenvalue weighted by Gasteiger charge is 2.04. The van der Waals surface area contributed by atoms with E-state index < -0.39 is 0 Å². The van der Waals surface area contributed by atoms with E-state index in [1.54, 1.807) is 19.1 Å². The number of unbranched alkanes of at least 4 members (excludes halogenated alkanes) is 1. The third kappa shape index (κ3) is 4.81. The fourth-order valence-electron chi connectivity index (χ4n) is 1.34. The monoisotopic (exact) mass is 233 g/mol. The van der Waals surface area contributed by atoms with Crippen molar-refractivity contribution in [3.8, 4) is 0 Å². The Hall–Kier alpha value is -1.64. The van der Waals surface area contributed by atoms with Gasteiger partial charge in [0.15, 0.2) is 0 Å². The molecule has 0 saturated carbocycles. The Bertz CT molecular complexity index is 368. The molecule has 1 rings (SSSR count). The molecule has 0 amide bonds. The minimum Gasteiger partial charge on any atom is -0.462 e. The van der Waals surface area contributed by atoms with Gasteiger partial charge in [0, 0.05) is 12.8 Å². The van der Waals surface area contributed by atoms with E-state index >= 15 is 0 Å². The second-order valence-corrected chi connectivity index (χ2v) is 3.73. The quantitative estimate of drug-likeness (QED) is 0.430. The zero-order valence-electron chi connectivity index (χ0n) is 10.5. The normalized spacial score (nSPS) is 10.7. The van der Waals surface area contributed by atoms with Crippen molar-refractivity contribution >= 4 is 12.2 Å². The van der Waals surface area contributed by atoms with E-state index in [0.29, 0.717) is 12.2 Å². The van der Waals surface area contributed by atoms with Gasteiger partial charge in [0.25, 0.3) is 0 Å². The number of benzene rings is 1. The van der Waals surface area contributed by atoms with Crippen molar-refractivity contribution in [2.24, 2.45) is 4.99 Å². The van der Waals surface area contributed by atoms with Gasteiger partial charge < -0.3 is 4.74 Å². The number of ether oxygens (including phenoxy) is 1. The van der Waals surface area contributed by atoms with Gasteiger partial charge in [0.1, 0.15) is 0 Å². The number of carbonyl (C=O) groups is 1. The molecule has 1 aromatic rings. The standard InChI is InChI=1S/C14H19NO2/c1-3-5-10-15-11-12-6-8-13(9-7-12)14(16)17-4-2/h6-9,11H,3-5,10H2,1-2H3. The molecule has 0 spiro atoms. The zero-order chi connectivity index (χ0) is 12.5. The first kappa shape index (κ1) is 13.4. The summed E-state index contributed by atoms with van der Waals surface area (Å²) in [5.41, 5.74) is 1.59. The maximum absolute atomic E-state index is 11.4. The van der Waals surface area contributed by atoms with Crippen LogP contribution >= 0.6 is 0 Å². The molecule has 0 heterocycles. The third-order valence-electron chi connectivity index (χ3n) is 2.30. The van der Waals surface area contributed by atoms with Crippen LogP contribution in [0, 0.1) is 0 Å². The van der Waals surface area contributed by atoms with E-state index in [1.165, 1.54) is 0 Å². The summed E-state index contributed by atoms with van der Waals surface area (Å²) in [5.74, 6) is -0.276. The lowest BCUT2D eigenvalue weighted by Gasteiger charge is -2.01. The van der Waals surface area contributed by atoms with Crippen LogP contribution < -0.4 is 0 Å². The first-order valence-corrected chi connectivity index (χ1v) is 6.05. The highest BCUT2D eigenvalue weighted by Crippen LogP contribution is 2.04. The van der Waals surface area contributed by atoms with Crippen molar-refractivity contribution in [1.29, 1.82) is 0 Å². The van der Waals surface area contributed by atoms with Gasteiger partial charge in [-0.05, 0) is 31.0 Å². The Kier molecular flexibility index (Phi) is 6.00. The maximum atomic E-state index is 11.4. The molecule has 17 heavy (non-hydrogen) atoms. The second-order valence-electron chi connectivity index (χ2n) is 3.73. The molecule has 0 fully saturated rings. The molecule has 0 unspecified atom stereocenters. The van der Waals surface area contributed by atoms with Crippen LogP contribution in [0.3, 0.4) is 0 Å². The smallest absolute Gasteiger partial charge is 0.338 e. The van der Waals surface area contributed by atoms with Crippen molar-refractivity contribution in [2.45, 2.75) is 26.7 Å². The van der Waals surface area contributed by atoms with Crippen LogP contribution in [0.1, 0.15) is 42.6 Å². The largest absolute Gasteiger partial charge is 0.462 e. The highest BCUT2D eigenvalue weighted by molar-refractivity contribution is 5.90. The third-order valence-corrected chi connectivity index (χ3v) is 2.30. The fraction of sp³-hybridized carbons (Fsp3) is 0.429. The van der Waals surface area contributed by atoms with E-state index in [0.717, 1.165) is 24.9 Å². The van der Waals surface area contributed by atoms with Gasteiger partial charge >= 0.3 is 5.97 Å². The van der Waals surface area contributed by atoms with Crippen LogP contribution in [-0.2, 0) is 4.74 Å². The molecule has 0 aliphatic carbocycles. The van der Waals surface area contributed by atoms with Crippen molar-refractivity contribution in [1.82, 2.24) is 0 Å². The molecule has 0 aliphatic heterocycles. The number of carbonyl (C=O) groups excluding carboxylic acids is 1. The lowest BCUT2D eigenvalue weighted by molar-refractivity contribution is 0.0526. The summed E-state index contributed by atoms with van der Waals surface area (Å²) in [7, 11) is 0. The Morgan fingerprint density at radius 2 is 2.00 bits per heavy atom. The molecule has 0 atom stereocenters. The van der Waals surface area contributed by atoms with Gasteiger partial charge in [-0.3, -0.25) is 4.99 Å². The van der Waals surface area contributed by atoms with E-state index in [1.807, 2.05) is 18.3 Å². The van der Waals surface area contributed by atoms with Crippen LogP contribution in [0.4, 0.5) is 0 Å². The molecule has 0 aliphatic rings. The molecule has 3 heteroatoms. The average Bonchev–Trinajstić information content (AvgIpc) is 2.36. The number of hydrogen-bond donors (Lipinski definition) is 0. The van der Waals surface area contributed by atoms with Crippen molar-refractivity contribution < 1.29 is 9.53 Å². The molecule has 0 aromatic heterocycles. The summed E-state index contributed by atoms with van der Waals surface area (Å²) in [6.45, 7) is 5.20. The first-order chi connectivity index (χ1) is 8.27. The first-order valence-electron chi connectivity index (χ1n) is 6.05. The van der Waals surface area contributed by atoms with Gasteiger partial charge in [-0.25, -0.2) is 4.79 Å². The number of rotatable bonds is 6. The average molecular weight is 233 g/mol. The molecule has 0 radical (unpaired) electrons. The van der Waals surface area contributed by atoms with Gasteiger partial charge in [0.2, 0.25) is 0 Å². The molecule has 0 bridgehead atoms. The van der Waals surface area contributed by atoms with Crippen LogP contribution in [0.2, 0.25) is 0 Å². The summed E-state index contributed by atoms with van der Waals surface area (Å²) in [5, 5.41) is 0. The Balaban J connectivity index is 2.55. The van der Waals surface area contributed by atoms with Crippen LogP contribution in [0.25, 0.3) is 0 Å². The van der Waals surface area contributed by atoms with Crippen molar-refractivity contribution in [3.63, 3.8) is 0 Å². The van der Waals surface area contributed by atoms with E-state index in [9.17, 15) is 4.79 Å². The predicted molar refractivity (Wildman–Crippen MR) is 69.8 cm³/mol. The lowest BCUT2D eigenvalue weighted by Crippen LogP contribution is -2.04. The molecule has 92 valence electrons. The summed E-state index contributed by atoms with van der Waals surface area (Å²) >= 11 is 0. The van der Waals surface area contributed by atoms with Gasteiger partial charge in [0.05, 0.1) is 12.2 Å². The van der Waals surface area contributed by atoms with Crippen LogP contribution in [0.5, 0.6) is 0 Å².